The zero-order valence-electron chi connectivity index (χ0n) is 10.1. The molecule has 1 aromatic heterocycles. The molecule has 3 heteroatoms. The van der Waals surface area contributed by atoms with Crippen LogP contribution in [0.15, 0.2) is 12.1 Å². The van der Waals surface area contributed by atoms with E-state index in [9.17, 15) is 0 Å². The van der Waals surface area contributed by atoms with Gasteiger partial charge >= 0.3 is 0 Å². The van der Waals surface area contributed by atoms with E-state index in [1.165, 1.54) is 0 Å². The van der Waals surface area contributed by atoms with E-state index < -0.39 is 0 Å². The van der Waals surface area contributed by atoms with Crippen LogP contribution in [0.4, 0.5) is 11.5 Å². The summed E-state index contributed by atoms with van der Waals surface area (Å²) in [5, 5.41) is 0. The maximum absolute atomic E-state index is 5.75. The summed E-state index contributed by atoms with van der Waals surface area (Å²) in [6.07, 6.45) is 2.27. The van der Waals surface area contributed by atoms with Gasteiger partial charge in [0, 0.05) is 13.1 Å². The van der Waals surface area contributed by atoms with Crippen LogP contribution in [0.5, 0.6) is 0 Å². The van der Waals surface area contributed by atoms with Gasteiger partial charge in [-0.25, -0.2) is 4.98 Å². The molecule has 84 valence electrons. The predicted molar refractivity (Wildman–Crippen MR) is 66.2 cm³/mol. The summed E-state index contributed by atoms with van der Waals surface area (Å²) < 4.78 is 0. The molecule has 0 atom stereocenters. The van der Waals surface area contributed by atoms with Gasteiger partial charge in [0.1, 0.15) is 5.82 Å². The number of aromatic nitrogens is 1. The van der Waals surface area contributed by atoms with Gasteiger partial charge in [-0.05, 0) is 31.9 Å². The second-order valence-corrected chi connectivity index (χ2v) is 3.93. The zero-order valence-corrected chi connectivity index (χ0v) is 10.1. The van der Waals surface area contributed by atoms with Crippen LogP contribution in [0, 0.1) is 6.92 Å². The normalized spacial score (nSPS) is 10.7. The molecular weight excluding hydrogens is 186 g/mol. The van der Waals surface area contributed by atoms with Gasteiger partial charge in [-0.15, -0.1) is 0 Å². The fourth-order valence-corrected chi connectivity index (χ4v) is 1.78. The van der Waals surface area contributed by atoms with E-state index in [1.54, 1.807) is 0 Å². The number of nitrogens with zero attached hydrogens (tertiary/aromatic N) is 2. The molecule has 0 fully saturated rings. The highest BCUT2D eigenvalue weighted by molar-refractivity contribution is 5.50. The van der Waals surface area contributed by atoms with E-state index in [-0.39, 0.29) is 0 Å². The zero-order chi connectivity index (χ0) is 11.4. The highest BCUT2D eigenvalue weighted by atomic mass is 15.2. The molecule has 0 spiro atoms. The summed E-state index contributed by atoms with van der Waals surface area (Å²) >= 11 is 0. The SMILES string of the molecule is CCC(CC)N(C)c1ccc(N)c(C)n1. The summed E-state index contributed by atoms with van der Waals surface area (Å²) in [4.78, 5) is 6.72. The van der Waals surface area contributed by atoms with Gasteiger partial charge in [-0.2, -0.15) is 0 Å². The van der Waals surface area contributed by atoms with Crippen LogP contribution >= 0.6 is 0 Å². The second-order valence-electron chi connectivity index (χ2n) is 3.93. The number of nitrogens with two attached hydrogens (primary N) is 1. The summed E-state index contributed by atoms with van der Waals surface area (Å²) in [5.41, 5.74) is 7.42. The molecule has 2 N–H and O–H groups in total. The van der Waals surface area contributed by atoms with Gasteiger partial charge in [0.2, 0.25) is 0 Å². The number of hydrogen-bond donors (Lipinski definition) is 1. The van der Waals surface area contributed by atoms with Gasteiger partial charge in [-0.1, -0.05) is 13.8 Å². The Hall–Kier alpha value is -1.25. The minimum Gasteiger partial charge on any atom is -0.397 e. The molecule has 15 heavy (non-hydrogen) atoms. The second kappa shape index (κ2) is 5.01. The molecule has 0 saturated carbocycles. The van der Waals surface area contributed by atoms with Crippen molar-refractivity contribution in [1.82, 2.24) is 4.98 Å². The Labute approximate surface area is 92.3 Å². The lowest BCUT2D eigenvalue weighted by Crippen LogP contribution is -2.31. The molecule has 0 aliphatic carbocycles. The number of aryl methyl sites for hydroxylation is 1. The maximum Gasteiger partial charge on any atom is 0.128 e. The van der Waals surface area contributed by atoms with Crippen molar-refractivity contribution in [3.63, 3.8) is 0 Å². The lowest BCUT2D eigenvalue weighted by Gasteiger charge is -2.27. The quantitative estimate of drug-likeness (QED) is 0.825. The maximum atomic E-state index is 5.75. The molecule has 0 unspecified atom stereocenters. The summed E-state index contributed by atoms with van der Waals surface area (Å²) in [5.74, 6) is 1.01. The van der Waals surface area contributed by atoms with Crippen molar-refractivity contribution in [3.05, 3.63) is 17.8 Å². The highest BCUT2D eigenvalue weighted by Gasteiger charge is 2.12. The van der Waals surface area contributed by atoms with Gasteiger partial charge in [0.25, 0.3) is 0 Å². The van der Waals surface area contributed by atoms with Crippen LogP contribution < -0.4 is 10.6 Å². The third kappa shape index (κ3) is 2.61. The number of hydrogen-bond acceptors (Lipinski definition) is 3. The minimum atomic E-state index is 0.556. The molecule has 3 nitrogen and oxygen atoms in total. The van der Waals surface area contributed by atoms with Crippen LogP contribution in [0.2, 0.25) is 0 Å². The van der Waals surface area contributed by atoms with Gasteiger partial charge in [0.15, 0.2) is 0 Å². The Morgan fingerprint density at radius 3 is 2.40 bits per heavy atom. The van der Waals surface area contributed by atoms with Crippen LogP contribution in [-0.4, -0.2) is 18.1 Å². The van der Waals surface area contributed by atoms with E-state index in [1.807, 2.05) is 19.1 Å². The molecule has 0 aromatic carbocycles. The molecule has 1 rings (SSSR count). The summed E-state index contributed by atoms with van der Waals surface area (Å²) in [6.45, 7) is 6.35. The van der Waals surface area contributed by atoms with Crippen LogP contribution in [-0.2, 0) is 0 Å². The van der Waals surface area contributed by atoms with E-state index in [2.05, 4.69) is 30.8 Å². The number of pyridine rings is 1. The lowest BCUT2D eigenvalue weighted by atomic mass is 10.1. The molecule has 0 radical (unpaired) electrons. The first-order valence-electron chi connectivity index (χ1n) is 5.56. The molecule has 1 aromatic rings. The monoisotopic (exact) mass is 207 g/mol. The average Bonchev–Trinajstić information content (AvgIpc) is 2.23. The minimum absolute atomic E-state index is 0.556. The molecular formula is C12H21N3. The Morgan fingerprint density at radius 1 is 1.33 bits per heavy atom. The molecule has 0 saturated heterocycles. The smallest absolute Gasteiger partial charge is 0.128 e. The van der Waals surface area contributed by atoms with Crippen molar-refractivity contribution < 1.29 is 0 Å². The van der Waals surface area contributed by atoms with Gasteiger partial charge < -0.3 is 10.6 Å². The van der Waals surface area contributed by atoms with Crippen molar-refractivity contribution in [2.75, 3.05) is 17.7 Å². The van der Waals surface area contributed by atoms with E-state index >= 15 is 0 Å². The van der Waals surface area contributed by atoms with E-state index in [0.29, 0.717) is 6.04 Å². The first-order valence-corrected chi connectivity index (χ1v) is 5.56. The van der Waals surface area contributed by atoms with Crippen molar-refractivity contribution in [1.29, 1.82) is 0 Å². The van der Waals surface area contributed by atoms with E-state index in [4.69, 9.17) is 5.73 Å². The average molecular weight is 207 g/mol. The first-order chi connectivity index (χ1) is 7.10. The largest absolute Gasteiger partial charge is 0.397 e. The van der Waals surface area contributed by atoms with Crippen molar-refractivity contribution in [2.24, 2.45) is 0 Å². The van der Waals surface area contributed by atoms with Gasteiger partial charge in [0.05, 0.1) is 11.4 Å². The molecule has 0 bridgehead atoms. The van der Waals surface area contributed by atoms with Crippen molar-refractivity contribution >= 4 is 11.5 Å². The Balaban J connectivity index is 2.90. The summed E-state index contributed by atoms with van der Waals surface area (Å²) in [7, 11) is 2.09. The molecule has 1 heterocycles. The topological polar surface area (TPSA) is 42.1 Å². The predicted octanol–water partition coefficient (Wildman–Crippen LogP) is 2.60. The highest BCUT2D eigenvalue weighted by Crippen LogP contribution is 2.19. The molecule has 0 aliphatic rings. The Bertz CT molecular complexity index is 319. The van der Waals surface area contributed by atoms with E-state index in [0.717, 1.165) is 30.0 Å². The third-order valence-corrected chi connectivity index (χ3v) is 2.96. The first kappa shape index (κ1) is 11.8. The van der Waals surface area contributed by atoms with Crippen LogP contribution in [0.25, 0.3) is 0 Å². The van der Waals surface area contributed by atoms with Crippen molar-refractivity contribution in [2.45, 2.75) is 39.7 Å². The van der Waals surface area contributed by atoms with Crippen molar-refractivity contribution in [3.8, 4) is 0 Å². The fourth-order valence-electron chi connectivity index (χ4n) is 1.78. The molecule has 0 aliphatic heterocycles. The molecule has 0 amide bonds. The number of rotatable bonds is 4. The number of anilines is 2. The third-order valence-electron chi connectivity index (χ3n) is 2.96. The number of nitrogen functional groups attached to an aromatic ring is 1. The van der Waals surface area contributed by atoms with Crippen LogP contribution in [0.1, 0.15) is 32.4 Å². The lowest BCUT2D eigenvalue weighted by molar-refractivity contribution is 0.586. The fraction of sp³-hybridized carbons (Fsp3) is 0.583. The Morgan fingerprint density at radius 2 is 1.93 bits per heavy atom. The standard InChI is InChI=1S/C12H21N3/c1-5-10(6-2)15(4)12-8-7-11(13)9(3)14-12/h7-8,10H,5-6,13H2,1-4H3. The Kier molecular flexibility index (Phi) is 3.95. The summed E-state index contributed by atoms with van der Waals surface area (Å²) in [6, 6.07) is 4.47. The van der Waals surface area contributed by atoms with Gasteiger partial charge in [-0.3, -0.25) is 0 Å². The van der Waals surface area contributed by atoms with Crippen LogP contribution in [0.3, 0.4) is 0 Å².